The molecular weight excluding hydrogens is 318 g/mol. The number of Topliss-reactive ketones (excluding diaryl/α,β-unsaturated/α-hetero) is 1. The van der Waals surface area contributed by atoms with Crippen LogP contribution in [0.4, 0.5) is 5.69 Å². The van der Waals surface area contributed by atoms with Gasteiger partial charge in [-0.3, -0.25) is 4.79 Å². The van der Waals surface area contributed by atoms with E-state index in [2.05, 4.69) is 35.6 Å². The minimum Gasteiger partial charge on any atom is -0.376 e. The summed E-state index contributed by atoms with van der Waals surface area (Å²) in [7, 11) is 0. The molecule has 1 aliphatic carbocycles. The van der Waals surface area contributed by atoms with Gasteiger partial charge in [-0.25, -0.2) is 0 Å². The van der Waals surface area contributed by atoms with Gasteiger partial charge in [-0.1, -0.05) is 60.1 Å². The van der Waals surface area contributed by atoms with E-state index >= 15 is 0 Å². The molecule has 0 radical (unpaired) electrons. The van der Waals surface area contributed by atoms with Gasteiger partial charge in [-0.2, -0.15) is 0 Å². The van der Waals surface area contributed by atoms with E-state index in [1.165, 1.54) is 22.3 Å². The molecule has 118 valence electrons. The largest absolute Gasteiger partial charge is 0.376 e. The number of benzene rings is 3. The Hall–Kier alpha value is -2.58. The summed E-state index contributed by atoms with van der Waals surface area (Å²) in [6, 6.07) is 21.8. The van der Waals surface area contributed by atoms with Gasteiger partial charge in [0.15, 0.2) is 5.78 Å². The number of rotatable bonds is 4. The summed E-state index contributed by atoms with van der Waals surface area (Å²) in [5.41, 5.74) is 6.58. The maximum atomic E-state index is 12.5. The first-order chi connectivity index (χ1) is 11.7. The van der Waals surface area contributed by atoms with Crippen LogP contribution in [0.5, 0.6) is 0 Å². The number of carbonyl (C=O) groups excluding carboxylic acids is 1. The molecule has 0 saturated carbocycles. The van der Waals surface area contributed by atoms with Crippen LogP contribution >= 0.6 is 11.6 Å². The molecule has 0 fully saturated rings. The zero-order chi connectivity index (χ0) is 16.5. The van der Waals surface area contributed by atoms with Crippen LogP contribution in [0.25, 0.3) is 11.1 Å². The first kappa shape index (κ1) is 15.0. The van der Waals surface area contributed by atoms with E-state index in [1.54, 1.807) is 6.07 Å². The molecule has 1 aliphatic rings. The van der Waals surface area contributed by atoms with Crippen molar-refractivity contribution < 1.29 is 4.79 Å². The number of hydrogen-bond donors (Lipinski definition) is 1. The van der Waals surface area contributed by atoms with Crippen LogP contribution in [0, 0.1) is 0 Å². The number of nitrogens with one attached hydrogen (secondary N) is 1. The van der Waals surface area contributed by atoms with Gasteiger partial charge in [0.25, 0.3) is 0 Å². The van der Waals surface area contributed by atoms with Gasteiger partial charge in [0.05, 0.1) is 17.3 Å². The van der Waals surface area contributed by atoms with Crippen LogP contribution in [-0.4, -0.2) is 12.3 Å². The molecular formula is C21H16ClNO. The van der Waals surface area contributed by atoms with Crippen LogP contribution in [0.1, 0.15) is 21.5 Å². The molecule has 2 nitrogen and oxygen atoms in total. The Morgan fingerprint density at radius 2 is 1.67 bits per heavy atom. The van der Waals surface area contributed by atoms with Gasteiger partial charge >= 0.3 is 0 Å². The second kappa shape index (κ2) is 6.14. The Morgan fingerprint density at radius 3 is 2.54 bits per heavy atom. The lowest BCUT2D eigenvalue weighted by molar-refractivity contribution is 0.101. The van der Waals surface area contributed by atoms with E-state index in [4.69, 9.17) is 11.6 Å². The second-order valence-corrected chi connectivity index (χ2v) is 6.37. The van der Waals surface area contributed by atoms with Crippen LogP contribution < -0.4 is 5.32 Å². The molecule has 0 aromatic heterocycles. The zero-order valence-electron chi connectivity index (χ0n) is 13.1. The average Bonchev–Trinajstić information content (AvgIpc) is 2.98. The van der Waals surface area contributed by atoms with Crippen molar-refractivity contribution in [1.29, 1.82) is 0 Å². The molecule has 4 rings (SSSR count). The predicted molar refractivity (Wildman–Crippen MR) is 99.0 cm³/mol. The van der Waals surface area contributed by atoms with Crippen molar-refractivity contribution in [2.45, 2.75) is 6.42 Å². The van der Waals surface area contributed by atoms with Crippen LogP contribution in [0.15, 0.2) is 66.7 Å². The lowest BCUT2D eigenvalue weighted by atomic mass is 10.0. The van der Waals surface area contributed by atoms with Gasteiger partial charge < -0.3 is 5.32 Å². The fourth-order valence-electron chi connectivity index (χ4n) is 3.20. The summed E-state index contributed by atoms with van der Waals surface area (Å²) in [6.45, 7) is 0.232. The molecule has 3 aromatic rings. The second-order valence-electron chi connectivity index (χ2n) is 5.96. The highest BCUT2D eigenvalue weighted by Gasteiger charge is 2.19. The Bertz CT molecular complexity index is 933. The van der Waals surface area contributed by atoms with Gasteiger partial charge in [-0.05, 0) is 46.9 Å². The topological polar surface area (TPSA) is 29.1 Å². The summed E-state index contributed by atoms with van der Waals surface area (Å²) in [5, 5.41) is 3.73. The monoisotopic (exact) mass is 333 g/mol. The normalized spacial score (nSPS) is 11.7. The van der Waals surface area contributed by atoms with Crippen LogP contribution in [-0.2, 0) is 6.42 Å². The van der Waals surface area contributed by atoms with Gasteiger partial charge in [0.2, 0.25) is 0 Å². The maximum absolute atomic E-state index is 12.5. The van der Waals surface area contributed by atoms with Gasteiger partial charge in [0, 0.05) is 5.56 Å². The Balaban J connectivity index is 1.53. The molecule has 0 saturated heterocycles. The van der Waals surface area contributed by atoms with E-state index in [0.29, 0.717) is 5.02 Å². The zero-order valence-corrected chi connectivity index (χ0v) is 13.8. The molecule has 0 aliphatic heterocycles. The van der Waals surface area contributed by atoms with E-state index in [-0.39, 0.29) is 12.3 Å². The Labute approximate surface area is 146 Å². The molecule has 0 amide bonds. The predicted octanol–water partition coefficient (Wildman–Crippen LogP) is 5.21. The lowest BCUT2D eigenvalue weighted by Crippen LogP contribution is -2.14. The fraction of sp³-hybridized carbons (Fsp3) is 0.0952. The molecule has 0 heterocycles. The summed E-state index contributed by atoms with van der Waals surface area (Å²) >= 11 is 6.11. The third-order valence-electron chi connectivity index (χ3n) is 4.43. The van der Waals surface area contributed by atoms with E-state index in [9.17, 15) is 4.79 Å². The standard InChI is InChI=1S/C21H16ClNO/c22-19-7-3-4-8-20(19)23-13-21(24)15-9-10-18-16(12-15)11-14-5-1-2-6-17(14)18/h1-10,12,23H,11,13H2. The smallest absolute Gasteiger partial charge is 0.181 e. The minimum atomic E-state index is 0.0636. The number of ketones is 1. The summed E-state index contributed by atoms with van der Waals surface area (Å²) in [4.78, 5) is 12.5. The van der Waals surface area contributed by atoms with Crippen LogP contribution in [0.3, 0.4) is 0 Å². The number of hydrogen-bond acceptors (Lipinski definition) is 2. The summed E-state index contributed by atoms with van der Waals surface area (Å²) in [6.07, 6.45) is 0.893. The number of para-hydroxylation sites is 1. The van der Waals surface area contributed by atoms with E-state index < -0.39 is 0 Å². The average molecular weight is 334 g/mol. The lowest BCUT2D eigenvalue weighted by Gasteiger charge is -2.08. The molecule has 0 atom stereocenters. The summed E-state index contributed by atoms with van der Waals surface area (Å²) in [5.74, 6) is 0.0636. The fourth-order valence-corrected chi connectivity index (χ4v) is 3.40. The molecule has 3 heteroatoms. The van der Waals surface area contributed by atoms with Crippen LogP contribution in [0.2, 0.25) is 5.02 Å². The van der Waals surface area contributed by atoms with E-state index in [0.717, 1.165) is 17.7 Å². The minimum absolute atomic E-state index is 0.0636. The highest BCUT2D eigenvalue weighted by atomic mass is 35.5. The number of halogens is 1. The number of fused-ring (bicyclic) bond motifs is 3. The first-order valence-corrected chi connectivity index (χ1v) is 8.33. The van der Waals surface area contributed by atoms with Gasteiger partial charge in [0.1, 0.15) is 0 Å². The molecule has 24 heavy (non-hydrogen) atoms. The van der Waals surface area contributed by atoms with Crippen molar-refractivity contribution in [2.24, 2.45) is 0 Å². The van der Waals surface area contributed by atoms with Crippen molar-refractivity contribution in [3.8, 4) is 11.1 Å². The van der Waals surface area contributed by atoms with Gasteiger partial charge in [-0.15, -0.1) is 0 Å². The number of carbonyl (C=O) groups is 1. The third kappa shape index (κ3) is 2.70. The number of anilines is 1. The van der Waals surface area contributed by atoms with Crippen molar-refractivity contribution in [3.63, 3.8) is 0 Å². The molecule has 1 N–H and O–H groups in total. The SMILES string of the molecule is O=C(CNc1ccccc1Cl)c1ccc2c(c1)Cc1ccccc1-2. The quantitative estimate of drug-likeness (QED) is 0.520. The molecule has 0 bridgehead atoms. The van der Waals surface area contributed by atoms with Crippen molar-refractivity contribution >= 4 is 23.1 Å². The molecule has 0 spiro atoms. The third-order valence-corrected chi connectivity index (χ3v) is 4.76. The first-order valence-electron chi connectivity index (χ1n) is 7.95. The summed E-state index contributed by atoms with van der Waals surface area (Å²) < 4.78 is 0. The Morgan fingerprint density at radius 1 is 0.917 bits per heavy atom. The highest BCUT2D eigenvalue weighted by molar-refractivity contribution is 6.33. The van der Waals surface area contributed by atoms with Crippen molar-refractivity contribution in [3.05, 3.63) is 88.4 Å². The van der Waals surface area contributed by atoms with Crippen molar-refractivity contribution in [2.75, 3.05) is 11.9 Å². The molecule has 3 aromatic carbocycles. The van der Waals surface area contributed by atoms with E-state index in [1.807, 2.05) is 30.3 Å². The Kier molecular flexibility index (Phi) is 3.83. The molecule has 0 unspecified atom stereocenters. The van der Waals surface area contributed by atoms with Crippen molar-refractivity contribution in [1.82, 2.24) is 0 Å². The highest BCUT2D eigenvalue weighted by Crippen LogP contribution is 2.36. The maximum Gasteiger partial charge on any atom is 0.181 e.